The summed E-state index contributed by atoms with van der Waals surface area (Å²) in [4.78, 5) is 11.0. The van der Waals surface area contributed by atoms with Crippen LogP contribution in [0.1, 0.15) is 18.5 Å². The van der Waals surface area contributed by atoms with Crippen molar-refractivity contribution in [3.63, 3.8) is 0 Å². The van der Waals surface area contributed by atoms with Crippen molar-refractivity contribution in [3.8, 4) is 0 Å². The van der Waals surface area contributed by atoms with Crippen LogP contribution in [-0.4, -0.2) is 10.9 Å². The first-order valence-corrected chi connectivity index (χ1v) is 4.67. The molecule has 0 bridgehead atoms. The zero-order valence-electron chi connectivity index (χ0n) is 7.86. The molecule has 1 amide bonds. The third kappa shape index (κ3) is 2.81. The first kappa shape index (κ1) is 10.7. The molecular formula is C10H12N2OS. The minimum Gasteiger partial charge on any atom is -0.385 e. The molecule has 1 atom stereocenters. The third-order valence-electron chi connectivity index (χ3n) is 1.87. The van der Waals surface area contributed by atoms with Gasteiger partial charge in [-0.1, -0.05) is 42.5 Å². The summed E-state index contributed by atoms with van der Waals surface area (Å²) in [6.45, 7) is 1.88. The number of carbonyl (C=O) groups excluding carboxylic acids is 1. The number of amides is 1. The van der Waals surface area contributed by atoms with Crippen LogP contribution in [-0.2, 0) is 4.79 Å². The second-order valence-corrected chi connectivity index (χ2v) is 3.41. The molecule has 1 rings (SSSR count). The molecule has 14 heavy (non-hydrogen) atoms. The van der Waals surface area contributed by atoms with Gasteiger partial charge in [0.25, 0.3) is 5.91 Å². The molecule has 1 aromatic carbocycles. The Labute approximate surface area is 88.3 Å². The van der Waals surface area contributed by atoms with Gasteiger partial charge in [0.15, 0.2) is 4.99 Å². The minimum atomic E-state index is -0.392. The molecule has 0 radical (unpaired) electrons. The van der Waals surface area contributed by atoms with Gasteiger partial charge in [-0.2, -0.15) is 0 Å². The van der Waals surface area contributed by atoms with Crippen molar-refractivity contribution < 1.29 is 4.79 Å². The number of carbonyl (C=O) groups is 1. The average Bonchev–Trinajstić information content (AvgIpc) is 2.19. The zero-order valence-corrected chi connectivity index (χ0v) is 8.67. The van der Waals surface area contributed by atoms with E-state index < -0.39 is 5.91 Å². The molecule has 0 aromatic heterocycles. The van der Waals surface area contributed by atoms with E-state index in [1.165, 1.54) is 0 Å². The molecule has 0 spiro atoms. The molecule has 4 heteroatoms. The summed E-state index contributed by atoms with van der Waals surface area (Å²) in [5.74, 6) is -0.392. The van der Waals surface area contributed by atoms with Crippen LogP contribution in [0.2, 0.25) is 0 Å². The summed E-state index contributed by atoms with van der Waals surface area (Å²) >= 11 is 4.55. The lowest BCUT2D eigenvalue weighted by atomic mass is 10.1. The van der Waals surface area contributed by atoms with Crippen LogP contribution in [0, 0.1) is 0 Å². The van der Waals surface area contributed by atoms with Gasteiger partial charge in [0.05, 0.1) is 6.04 Å². The van der Waals surface area contributed by atoms with Crippen molar-refractivity contribution in [3.05, 3.63) is 35.9 Å². The molecule has 1 aromatic rings. The maximum atomic E-state index is 11.1. The van der Waals surface area contributed by atoms with Crippen LogP contribution < -0.4 is 11.1 Å². The van der Waals surface area contributed by atoms with Gasteiger partial charge in [-0.3, -0.25) is 4.79 Å². The molecule has 0 aliphatic heterocycles. The first-order valence-electron chi connectivity index (χ1n) is 4.26. The van der Waals surface area contributed by atoms with Gasteiger partial charge in [0, 0.05) is 0 Å². The summed E-state index contributed by atoms with van der Waals surface area (Å²) in [6, 6.07) is 9.54. The second-order valence-electron chi connectivity index (χ2n) is 2.97. The quantitative estimate of drug-likeness (QED) is 0.717. The van der Waals surface area contributed by atoms with Crippen molar-refractivity contribution in [2.24, 2.45) is 5.73 Å². The minimum absolute atomic E-state index is 0.0785. The van der Waals surface area contributed by atoms with Crippen LogP contribution in [0.5, 0.6) is 0 Å². The highest BCUT2D eigenvalue weighted by Crippen LogP contribution is 2.10. The van der Waals surface area contributed by atoms with E-state index in [0.717, 1.165) is 5.56 Å². The van der Waals surface area contributed by atoms with Gasteiger partial charge >= 0.3 is 0 Å². The van der Waals surface area contributed by atoms with Gasteiger partial charge in [0.2, 0.25) is 0 Å². The fraction of sp³-hybridized carbons (Fsp3) is 0.200. The monoisotopic (exact) mass is 208 g/mol. The maximum absolute atomic E-state index is 11.1. The summed E-state index contributed by atoms with van der Waals surface area (Å²) in [5, 5.41) is 2.69. The van der Waals surface area contributed by atoms with Crippen molar-refractivity contribution in [2.45, 2.75) is 13.0 Å². The standard InChI is InChI=1S/C10H12N2OS/c1-7(12-10(13)9(11)14)8-5-3-2-4-6-8/h2-7H,1H3,(H2,11,14)(H,12,13). The highest BCUT2D eigenvalue weighted by atomic mass is 32.1. The SMILES string of the molecule is CC(NC(=O)C(N)=S)c1ccccc1. The molecule has 74 valence electrons. The van der Waals surface area contributed by atoms with E-state index in [9.17, 15) is 4.79 Å². The highest BCUT2D eigenvalue weighted by molar-refractivity contribution is 7.81. The molecule has 3 nitrogen and oxygen atoms in total. The van der Waals surface area contributed by atoms with E-state index >= 15 is 0 Å². The molecule has 0 saturated heterocycles. The lowest BCUT2D eigenvalue weighted by molar-refractivity contribution is -0.115. The van der Waals surface area contributed by atoms with E-state index in [1.54, 1.807) is 0 Å². The molecule has 3 N–H and O–H groups in total. The number of nitrogens with two attached hydrogens (primary N) is 1. The number of hydrogen-bond acceptors (Lipinski definition) is 2. The van der Waals surface area contributed by atoms with Crippen LogP contribution in [0.3, 0.4) is 0 Å². The molecule has 0 aliphatic rings. The maximum Gasteiger partial charge on any atom is 0.278 e. The third-order valence-corrected chi connectivity index (χ3v) is 2.06. The summed E-state index contributed by atoms with van der Waals surface area (Å²) < 4.78 is 0. The van der Waals surface area contributed by atoms with Crippen molar-refractivity contribution in [1.29, 1.82) is 0 Å². The molecule has 0 fully saturated rings. The summed E-state index contributed by atoms with van der Waals surface area (Å²) in [6.07, 6.45) is 0. The Hall–Kier alpha value is -1.42. The number of thiocarbonyl (C=S) groups is 1. The molecular weight excluding hydrogens is 196 g/mol. The predicted octanol–water partition coefficient (Wildman–Crippen LogP) is 1.15. The second kappa shape index (κ2) is 4.72. The Balaban J connectivity index is 2.64. The van der Waals surface area contributed by atoms with E-state index in [4.69, 9.17) is 5.73 Å². The molecule has 1 unspecified atom stereocenters. The number of nitrogens with one attached hydrogen (secondary N) is 1. The van der Waals surface area contributed by atoms with Gasteiger partial charge in [0.1, 0.15) is 0 Å². The number of rotatable bonds is 2. The van der Waals surface area contributed by atoms with Crippen LogP contribution >= 0.6 is 12.2 Å². The Bertz CT molecular complexity index is 337. The van der Waals surface area contributed by atoms with Crippen LogP contribution in [0.25, 0.3) is 0 Å². The lowest BCUT2D eigenvalue weighted by Crippen LogP contribution is -2.36. The predicted molar refractivity (Wildman–Crippen MR) is 59.8 cm³/mol. The molecule has 0 saturated carbocycles. The Morgan fingerprint density at radius 3 is 2.50 bits per heavy atom. The Kier molecular flexibility index (Phi) is 3.59. The van der Waals surface area contributed by atoms with E-state index in [2.05, 4.69) is 17.5 Å². The van der Waals surface area contributed by atoms with Gasteiger partial charge in [-0.15, -0.1) is 0 Å². The van der Waals surface area contributed by atoms with Crippen molar-refractivity contribution in [2.75, 3.05) is 0 Å². The van der Waals surface area contributed by atoms with Crippen LogP contribution in [0.4, 0.5) is 0 Å². The smallest absolute Gasteiger partial charge is 0.278 e. The number of benzene rings is 1. The van der Waals surface area contributed by atoms with Crippen molar-refractivity contribution >= 4 is 23.1 Å². The van der Waals surface area contributed by atoms with Gasteiger partial charge in [-0.05, 0) is 12.5 Å². The fourth-order valence-electron chi connectivity index (χ4n) is 1.09. The Morgan fingerprint density at radius 2 is 2.00 bits per heavy atom. The summed E-state index contributed by atoms with van der Waals surface area (Å²) in [5.41, 5.74) is 6.21. The van der Waals surface area contributed by atoms with Crippen molar-refractivity contribution in [1.82, 2.24) is 5.32 Å². The van der Waals surface area contributed by atoms with E-state index in [-0.39, 0.29) is 11.0 Å². The topological polar surface area (TPSA) is 55.1 Å². The largest absolute Gasteiger partial charge is 0.385 e. The fourth-order valence-corrected chi connectivity index (χ4v) is 1.15. The normalized spacial score (nSPS) is 11.8. The lowest BCUT2D eigenvalue weighted by Gasteiger charge is -2.13. The number of hydrogen-bond donors (Lipinski definition) is 2. The highest BCUT2D eigenvalue weighted by Gasteiger charge is 2.10. The average molecular weight is 208 g/mol. The first-order chi connectivity index (χ1) is 6.61. The molecule has 0 heterocycles. The molecule has 0 aliphatic carbocycles. The van der Waals surface area contributed by atoms with Gasteiger partial charge < -0.3 is 11.1 Å². The van der Waals surface area contributed by atoms with E-state index in [1.807, 2.05) is 37.3 Å². The zero-order chi connectivity index (χ0) is 10.6. The van der Waals surface area contributed by atoms with Crippen LogP contribution in [0.15, 0.2) is 30.3 Å². The summed E-state index contributed by atoms with van der Waals surface area (Å²) in [7, 11) is 0. The van der Waals surface area contributed by atoms with Gasteiger partial charge in [-0.25, -0.2) is 0 Å². The van der Waals surface area contributed by atoms with E-state index in [0.29, 0.717) is 0 Å². The Morgan fingerprint density at radius 1 is 1.43 bits per heavy atom.